The van der Waals surface area contributed by atoms with E-state index in [1.807, 2.05) is 0 Å². The molecule has 1 aromatic heterocycles. The van der Waals surface area contributed by atoms with E-state index in [2.05, 4.69) is 44.1 Å². The second-order valence-electron chi connectivity index (χ2n) is 8.97. The molecule has 0 unspecified atom stereocenters. The average Bonchev–Trinajstić information content (AvgIpc) is 3.05. The van der Waals surface area contributed by atoms with E-state index in [9.17, 15) is 4.79 Å². The number of aryl methyl sites for hydroxylation is 1. The van der Waals surface area contributed by atoms with Gasteiger partial charge in [-0.15, -0.1) is 12.4 Å². The molecule has 0 spiro atoms. The Labute approximate surface area is 194 Å². The van der Waals surface area contributed by atoms with E-state index >= 15 is 0 Å². The second-order valence-corrected chi connectivity index (χ2v) is 9.89. The van der Waals surface area contributed by atoms with Crippen LogP contribution in [0.5, 0.6) is 0 Å². The number of aromatic nitrogens is 2. The molecule has 2 saturated carbocycles. The minimum absolute atomic E-state index is 0. The van der Waals surface area contributed by atoms with Gasteiger partial charge in [0.2, 0.25) is 5.91 Å². The van der Waals surface area contributed by atoms with Gasteiger partial charge in [-0.2, -0.15) is 5.10 Å². The number of benzene rings is 1. The molecule has 1 aromatic carbocycles. The van der Waals surface area contributed by atoms with E-state index in [0.29, 0.717) is 18.9 Å². The second kappa shape index (κ2) is 11.0. The summed E-state index contributed by atoms with van der Waals surface area (Å²) >= 11 is 3.60. The molecule has 0 aliphatic heterocycles. The van der Waals surface area contributed by atoms with E-state index in [1.165, 1.54) is 43.0 Å². The first-order valence-electron chi connectivity index (χ1n) is 11.3. The first kappa shape index (κ1) is 23.6. The first-order valence-corrected chi connectivity index (χ1v) is 12.1. The smallest absolute Gasteiger partial charge is 0.220 e. The SMILES string of the molecule is Cl.NC1CCC(NC(=O)CCc2nn(CC3CCCCC3)c3ccc(Br)cc23)CC1. The molecule has 166 valence electrons. The third-order valence-corrected chi connectivity index (χ3v) is 7.16. The van der Waals surface area contributed by atoms with E-state index < -0.39 is 0 Å². The van der Waals surface area contributed by atoms with Crippen molar-refractivity contribution in [1.29, 1.82) is 0 Å². The molecule has 0 saturated heterocycles. The molecule has 2 aliphatic rings. The van der Waals surface area contributed by atoms with Crippen molar-refractivity contribution in [3.05, 3.63) is 28.4 Å². The van der Waals surface area contributed by atoms with Crippen LogP contribution in [0, 0.1) is 5.92 Å². The summed E-state index contributed by atoms with van der Waals surface area (Å²) < 4.78 is 3.25. The lowest BCUT2D eigenvalue weighted by Gasteiger charge is -2.26. The molecule has 3 N–H and O–H groups in total. The third-order valence-electron chi connectivity index (χ3n) is 6.67. The van der Waals surface area contributed by atoms with Gasteiger partial charge in [-0.3, -0.25) is 9.48 Å². The minimum Gasteiger partial charge on any atom is -0.353 e. The molecule has 0 radical (unpaired) electrons. The molecule has 7 heteroatoms. The van der Waals surface area contributed by atoms with Crippen molar-refractivity contribution in [2.75, 3.05) is 0 Å². The summed E-state index contributed by atoms with van der Waals surface area (Å²) in [5, 5.41) is 9.33. The molecule has 0 atom stereocenters. The van der Waals surface area contributed by atoms with Crippen LogP contribution >= 0.6 is 28.3 Å². The Morgan fingerprint density at radius 1 is 1.13 bits per heavy atom. The highest BCUT2D eigenvalue weighted by atomic mass is 79.9. The lowest BCUT2D eigenvalue weighted by atomic mass is 9.89. The van der Waals surface area contributed by atoms with Crippen LogP contribution in [0.2, 0.25) is 0 Å². The van der Waals surface area contributed by atoms with Crippen molar-refractivity contribution in [2.45, 2.75) is 89.3 Å². The molecule has 4 rings (SSSR count). The quantitative estimate of drug-likeness (QED) is 0.582. The lowest BCUT2D eigenvalue weighted by molar-refractivity contribution is -0.122. The number of halogens is 2. The van der Waals surface area contributed by atoms with E-state index in [1.54, 1.807) is 0 Å². The molecular weight excluding hydrogens is 464 g/mol. The highest BCUT2D eigenvalue weighted by Gasteiger charge is 2.21. The Bertz CT molecular complexity index is 841. The van der Waals surface area contributed by atoms with Crippen LogP contribution in [0.4, 0.5) is 0 Å². The largest absolute Gasteiger partial charge is 0.353 e. The molecular formula is C23H34BrClN4O. The van der Waals surface area contributed by atoms with Crippen molar-refractivity contribution in [1.82, 2.24) is 15.1 Å². The lowest BCUT2D eigenvalue weighted by Crippen LogP contribution is -2.40. The van der Waals surface area contributed by atoms with Crippen molar-refractivity contribution in [2.24, 2.45) is 11.7 Å². The Morgan fingerprint density at radius 2 is 1.87 bits per heavy atom. The maximum atomic E-state index is 12.5. The van der Waals surface area contributed by atoms with Crippen molar-refractivity contribution in [3.63, 3.8) is 0 Å². The summed E-state index contributed by atoms with van der Waals surface area (Å²) in [5.41, 5.74) is 8.20. The van der Waals surface area contributed by atoms with E-state index in [4.69, 9.17) is 10.8 Å². The zero-order chi connectivity index (χ0) is 20.2. The van der Waals surface area contributed by atoms with Crippen molar-refractivity contribution in [3.8, 4) is 0 Å². The van der Waals surface area contributed by atoms with E-state index in [0.717, 1.165) is 48.3 Å². The van der Waals surface area contributed by atoms with Gasteiger partial charge in [-0.25, -0.2) is 0 Å². The van der Waals surface area contributed by atoms with Gasteiger partial charge in [-0.1, -0.05) is 35.2 Å². The minimum atomic E-state index is 0. The molecule has 2 aliphatic carbocycles. The fourth-order valence-corrected chi connectivity index (χ4v) is 5.31. The van der Waals surface area contributed by atoms with Crippen LogP contribution in [-0.4, -0.2) is 27.8 Å². The van der Waals surface area contributed by atoms with Crippen LogP contribution in [-0.2, 0) is 17.8 Å². The summed E-state index contributed by atoms with van der Waals surface area (Å²) in [6, 6.07) is 6.99. The molecule has 30 heavy (non-hydrogen) atoms. The topological polar surface area (TPSA) is 72.9 Å². The van der Waals surface area contributed by atoms with Crippen molar-refractivity contribution < 1.29 is 4.79 Å². The van der Waals surface area contributed by atoms with Gasteiger partial charge in [-0.05, 0) is 62.6 Å². The van der Waals surface area contributed by atoms with Crippen LogP contribution in [0.25, 0.3) is 10.9 Å². The summed E-state index contributed by atoms with van der Waals surface area (Å²) in [6.45, 7) is 0.993. The maximum absolute atomic E-state index is 12.5. The number of carbonyl (C=O) groups excluding carboxylic acids is 1. The van der Waals surface area contributed by atoms with Gasteiger partial charge in [0.15, 0.2) is 0 Å². The predicted octanol–water partition coefficient (Wildman–Crippen LogP) is 5.12. The van der Waals surface area contributed by atoms with Gasteiger partial charge < -0.3 is 11.1 Å². The zero-order valence-corrected chi connectivity index (χ0v) is 20.0. The van der Waals surface area contributed by atoms with E-state index in [-0.39, 0.29) is 24.4 Å². The fraction of sp³-hybridized carbons (Fsp3) is 0.652. The molecule has 2 aromatic rings. The number of hydrogen-bond acceptors (Lipinski definition) is 3. The number of nitrogens with two attached hydrogens (primary N) is 1. The number of nitrogens with one attached hydrogen (secondary N) is 1. The number of amides is 1. The summed E-state index contributed by atoms with van der Waals surface area (Å²) in [6.07, 6.45) is 11.9. The number of carbonyl (C=O) groups is 1. The summed E-state index contributed by atoms with van der Waals surface area (Å²) in [4.78, 5) is 12.5. The predicted molar refractivity (Wildman–Crippen MR) is 128 cm³/mol. The Kier molecular flexibility index (Phi) is 8.61. The number of nitrogens with zero attached hydrogens (tertiary/aromatic N) is 2. The monoisotopic (exact) mass is 496 g/mol. The van der Waals surface area contributed by atoms with Crippen LogP contribution in [0.15, 0.2) is 22.7 Å². The number of rotatable bonds is 6. The number of fused-ring (bicyclic) bond motifs is 1. The van der Waals surface area contributed by atoms with Crippen LogP contribution in [0.1, 0.15) is 69.9 Å². The molecule has 1 heterocycles. The van der Waals surface area contributed by atoms with Gasteiger partial charge in [0.25, 0.3) is 0 Å². The molecule has 2 fully saturated rings. The summed E-state index contributed by atoms with van der Waals surface area (Å²) in [5.74, 6) is 0.861. The normalized spacial score (nSPS) is 22.6. The standard InChI is InChI=1S/C23H33BrN4O.ClH/c24-17-6-12-22-20(14-17)21(27-28(22)15-16-4-2-1-3-5-16)11-13-23(29)26-19-9-7-18(25)8-10-19;/h6,12,14,16,18-19H,1-5,7-11,13,15,25H2,(H,26,29);1H. The zero-order valence-electron chi connectivity index (χ0n) is 17.6. The highest BCUT2D eigenvalue weighted by molar-refractivity contribution is 9.10. The molecule has 1 amide bonds. The molecule has 0 bridgehead atoms. The third kappa shape index (κ3) is 5.98. The molecule has 5 nitrogen and oxygen atoms in total. The fourth-order valence-electron chi connectivity index (χ4n) is 4.95. The van der Waals surface area contributed by atoms with Gasteiger partial charge in [0.05, 0.1) is 11.2 Å². The Hall–Kier alpha value is -1.11. The maximum Gasteiger partial charge on any atom is 0.220 e. The van der Waals surface area contributed by atoms with Crippen LogP contribution in [0.3, 0.4) is 0 Å². The first-order chi connectivity index (χ1) is 14.1. The van der Waals surface area contributed by atoms with Gasteiger partial charge >= 0.3 is 0 Å². The Morgan fingerprint density at radius 3 is 2.60 bits per heavy atom. The summed E-state index contributed by atoms with van der Waals surface area (Å²) in [7, 11) is 0. The highest BCUT2D eigenvalue weighted by Crippen LogP contribution is 2.29. The van der Waals surface area contributed by atoms with Crippen LogP contribution < -0.4 is 11.1 Å². The van der Waals surface area contributed by atoms with Gasteiger partial charge in [0.1, 0.15) is 0 Å². The Balaban J connectivity index is 0.00000256. The number of hydrogen-bond donors (Lipinski definition) is 2. The van der Waals surface area contributed by atoms with Gasteiger partial charge in [0, 0.05) is 41.3 Å². The van der Waals surface area contributed by atoms with Crippen molar-refractivity contribution >= 4 is 45.1 Å². The average molecular weight is 498 g/mol.